The van der Waals surface area contributed by atoms with Gasteiger partial charge >= 0.3 is 0 Å². The first kappa shape index (κ1) is 10.9. The molecule has 0 radical (unpaired) electrons. The molecule has 68 valence electrons. The quantitative estimate of drug-likeness (QED) is 0.585. The van der Waals surface area contributed by atoms with Gasteiger partial charge in [-0.25, -0.2) is 0 Å². The van der Waals surface area contributed by atoms with Crippen molar-refractivity contribution in [3.8, 4) is 0 Å². The minimum Gasteiger partial charge on any atom is -0.385 e. The molecule has 11 heavy (non-hydrogen) atoms. The molecule has 0 heterocycles. The Morgan fingerprint density at radius 1 is 1.27 bits per heavy atom. The average molecular weight is 159 g/mol. The first-order valence-electron chi connectivity index (χ1n) is 4.49. The SMILES string of the molecule is CCN(CC)[C@@H](C)CCOC. The molecule has 0 aromatic carbocycles. The smallest absolute Gasteiger partial charge is 0.0477 e. The van der Waals surface area contributed by atoms with E-state index in [2.05, 4.69) is 25.7 Å². The molecular formula is C9H21NO. The van der Waals surface area contributed by atoms with Crippen molar-refractivity contribution < 1.29 is 4.74 Å². The van der Waals surface area contributed by atoms with Gasteiger partial charge in [0.05, 0.1) is 0 Å². The molecule has 0 aromatic heterocycles. The molecule has 0 aliphatic rings. The summed E-state index contributed by atoms with van der Waals surface area (Å²) in [6.07, 6.45) is 1.14. The van der Waals surface area contributed by atoms with Gasteiger partial charge in [0.1, 0.15) is 0 Å². The second-order valence-electron chi connectivity index (χ2n) is 2.85. The maximum atomic E-state index is 5.02. The van der Waals surface area contributed by atoms with Crippen molar-refractivity contribution in [1.29, 1.82) is 0 Å². The second kappa shape index (κ2) is 6.62. The van der Waals surface area contributed by atoms with E-state index in [1.807, 2.05) is 0 Å². The fourth-order valence-electron chi connectivity index (χ4n) is 1.32. The van der Waals surface area contributed by atoms with Crippen LogP contribution in [0, 0.1) is 0 Å². The van der Waals surface area contributed by atoms with E-state index >= 15 is 0 Å². The Balaban J connectivity index is 3.51. The van der Waals surface area contributed by atoms with Crippen molar-refractivity contribution in [2.24, 2.45) is 0 Å². The lowest BCUT2D eigenvalue weighted by Crippen LogP contribution is -2.33. The van der Waals surface area contributed by atoms with Crippen LogP contribution >= 0.6 is 0 Å². The third-order valence-corrected chi connectivity index (χ3v) is 2.18. The molecule has 0 rings (SSSR count). The molecule has 0 aliphatic carbocycles. The van der Waals surface area contributed by atoms with Crippen LogP contribution < -0.4 is 0 Å². The molecule has 0 unspecified atom stereocenters. The van der Waals surface area contributed by atoms with E-state index in [1.54, 1.807) is 7.11 Å². The van der Waals surface area contributed by atoms with Crippen LogP contribution in [0.5, 0.6) is 0 Å². The highest BCUT2D eigenvalue weighted by molar-refractivity contribution is 4.63. The van der Waals surface area contributed by atoms with Crippen LogP contribution in [0.3, 0.4) is 0 Å². The fraction of sp³-hybridized carbons (Fsp3) is 1.00. The Kier molecular flexibility index (Phi) is 6.57. The molecule has 0 saturated carbocycles. The fourth-order valence-corrected chi connectivity index (χ4v) is 1.32. The normalized spacial score (nSPS) is 13.9. The van der Waals surface area contributed by atoms with Gasteiger partial charge in [-0.15, -0.1) is 0 Å². The number of hydrogen-bond acceptors (Lipinski definition) is 2. The highest BCUT2D eigenvalue weighted by Gasteiger charge is 2.08. The largest absolute Gasteiger partial charge is 0.385 e. The van der Waals surface area contributed by atoms with Gasteiger partial charge in [-0.1, -0.05) is 13.8 Å². The van der Waals surface area contributed by atoms with Crippen molar-refractivity contribution in [2.75, 3.05) is 26.8 Å². The summed E-state index contributed by atoms with van der Waals surface area (Å²) in [6.45, 7) is 9.81. The molecule has 0 fully saturated rings. The van der Waals surface area contributed by atoms with Gasteiger partial charge < -0.3 is 9.64 Å². The van der Waals surface area contributed by atoms with Crippen LogP contribution in [-0.2, 0) is 4.74 Å². The van der Waals surface area contributed by atoms with Gasteiger partial charge in [-0.05, 0) is 26.4 Å². The van der Waals surface area contributed by atoms with Crippen LogP contribution in [0.1, 0.15) is 27.2 Å². The summed E-state index contributed by atoms with van der Waals surface area (Å²) in [4.78, 5) is 2.44. The number of nitrogens with zero attached hydrogens (tertiary/aromatic N) is 1. The Bertz CT molecular complexity index is 81.6. The second-order valence-corrected chi connectivity index (χ2v) is 2.85. The zero-order chi connectivity index (χ0) is 8.69. The van der Waals surface area contributed by atoms with E-state index < -0.39 is 0 Å². The van der Waals surface area contributed by atoms with Gasteiger partial charge in [-0.2, -0.15) is 0 Å². The third-order valence-electron chi connectivity index (χ3n) is 2.18. The topological polar surface area (TPSA) is 12.5 Å². The van der Waals surface area contributed by atoms with E-state index in [4.69, 9.17) is 4.74 Å². The van der Waals surface area contributed by atoms with E-state index in [0.29, 0.717) is 6.04 Å². The molecule has 0 N–H and O–H groups in total. The molecule has 0 aliphatic heterocycles. The van der Waals surface area contributed by atoms with Crippen molar-refractivity contribution >= 4 is 0 Å². The first-order chi connectivity index (χ1) is 5.26. The van der Waals surface area contributed by atoms with Gasteiger partial charge in [0.2, 0.25) is 0 Å². The summed E-state index contributed by atoms with van der Waals surface area (Å²) in [5, 5.41) is 0. The Hall–Kier alpha value is -0.0800. The lowest BCUT2D eigenvalue weighted by molar-refractivity contribution is 0.145. The van der Waals surface area contributed by atoms with Crippen LogP contribution in [0.25, 0.3) is 0 Å². The van der Waals surface area contributed by atoms with Gasteiger partial charge in [0.15, 0.2) is 0 Å². The number of hydrogen-bond donors (Lipinski definition) is 0. The molecule has 0 bridgehead atoms. The zero-order valence-corrected chi connectivity index (χ0v) is 8.26. The summed E-state index contributed by atoms with van der Waals surface area (Å²) in [7, 11) is 1.76. The molecule has 0 spiro atoms. The maximum absolute atomic E-state index is 5.02. The summed E-state index contributed by atoms with van der Waals surface area (Å²) >= 11 is 0. The zero-order valence-electron chi connectivity index (χ0n) is 8.26. The molecule has 2 nitrogen and oxygen atoms in total. The lowest BCUT2D eigenvalue weighted by atomic mass is 10.2. The average Bonchev–Trinajstić information content (AvgIpc) is 2.03. The van der Waals surface area contributed by atoms with E-state index in [9.17, 15) is 0 Å². The molecule has 0 aromatic rings. The predicted molar refractivity (Wildman–Crippen MR) is 48.9 cm³/mol. The third kappa shape index (κ3) is 4.38. The van der Waals surface area contributed by atoms with Gasteiger partial charge in [0.25, 0.3) is 0 Å². The first-order valence-corrected chi connectivity index (χ1v) is 4.49. The Morgan fingerprint density at radius 2 is 1.82 bits per heavy atom. The van der Waals surface area contributed by atoms with E-state index in [0.717, 1.165) is 26.1 Å². The Morgan fingerprint density at radius 3 is 2.18 bits per heavy atom. The minimum absolute atomic E-state index is 0.657. The number of methoxy groups -OCH3 is 1. The molecule has 2 heteroatoms. The van der Waals surface area contributed by atoms with E-state index in [-0.39, 0.29) is 0 Å². The number of rotatable bonds is 6. The van der Waals surface area contributed by atoms with Gasteiger partial charge in [0, 0.05) is 19.8 Å². The van der Waals surface area contributed by atoms with Crippen LogP contribution in [0.2, 0.25) is 0 Å². The summed E-state index contributed by atoms with van der Waals surface area (Å²) in [6, 6.07) is 0.657. The van der Waals surface area contributed by atoms with Crippen molar-refractivity contribution in [1.82, 2.24) is 4.90 Å². The van der Waals surface area contributed by atoms with Crippen molar-refractivity contribution in [3.05, 3.63) is 0 Å². The standard InChI is InChI=1S/C9H21NO/c1-5-10(6-2)9(3)7-8-11-4/h9H,5-8H2,1-4H3/t9-/m0/s1. The molecular weight excluding hydrogens is 138 g/mol. The maximum Gasteiger partial charge on any atom is 0.0477 e. The van der Waals surface area contributed by atoms with Crippen LogP contribution in [-0.4, -0.2) is 37.7 Å². The van der Waals surface area contributed by atoms with Gasteiger partial charge in [-0.3, -0.25) is 0 Å². The molecule has 1 atom stereocenters. The summed E-state index contributed by atoms with van der Waals surface area (Å²) in [5.41, 5.74) is 0. The van der Waals surface area contributed by atoms with E-state index in [1.165, 1.54) is 0 Å². The minimum atomic E-state index is 0.657. The highest BCUT2D eigenvalue weighted by Crippen LogP contribution is 2.02. The molecule has 0 saturated heterocycles. The van der Waals surface area contributed by atoms with Crippen molar-refractivity contribution in [3.63, 3.8) is 0 Å². The van der Waals surface area contributed by atoms with Crippen LogP contribution in [0.4, 0.5) is 0 Å². The van der Waals surface area contributed by atoms with Crippen LogP contribution in [0.15, 0.2) is 0 Å². The monoisotopic (exact) mass is 159 g/mol. The Labute approximate surface area is 70.5 Å². The van der Waals surface area contributed by atoms with Crippen molar-refractivity contribution in [2.45, 2.75) is 33.2 Å². The predicted octanol–water partition coefficient (Wildman–Crippen LogP) is 1.75. The highest BCUT2D eigenvalue weighted by atomic mass is 16.5. The number of ether oxygens (including phenoxy) is 1. The molecule has 0 amide bonds. The summed E-state index contributed by atoms with van der Waals surface area (Å²) in [5.74, 6) is 0. The summed E-state index contributed by atoms with van der Waals surface area (Å²) < 4.78 is 5.02. The lowest BCUT2D eigenvalue weighted by Gasteiger charge is -2.25.